The first-order valence-electron chi connectivity index (χ1n) is 11.7. The number of hydrogen-bond donors (Lipinski definition) is 1. The summed E-state index contributed by atoms with van der Waals surface area (Å²) in [7, 11) is 0. The molecule has 2 aliphatic rings. The maximum atomic E-state index is 12.8. The molecule has 34 heavy (non-hydrogen) atoms. The van der Waals surface area contributed by atoms with E-state index >= 15 is 0 Å². The van der Waals surface area contributed by atoms with Gasteiger partial charge in [0.1, 0.15) is 5.82 Å². The maximum Gasteiger partial charge on any atom is 0.227 e. The Labute approximate surface area is 202 Å². The van der Waals surface area contributed by atoms with Gasteiger partial charge in [-0.05, 0) is 38.2 Å². The van der Waals surface area contributed by atoms with Gasteiger partial charge in [-0.15, -0.1) is 0 Å². The third-order valence-electron chi connectivity index (χ3n) is 6.51. The number of thioether (sulfide) groups is 1. The van der Waals surface area contributed by atoms with Crippen LogP contribution in [-0.2, 0) is 16.1 Å². The summed E-state index contributed by atoms with van der Waals surface area (Å²) in [5.74, 6) is 0.479. The molecule has 2 aromatic heterocycles. The lowest BCUT2D eigenvalue weighted by Crippen LogP contribution is -2.35. The monoisotopic (exact) mass is 479 g/mol. The van der Waals surface area contributed by atoms with E-state index in [1.807, 2.05) is 48.3 Å². The Morgan fingerprint density at radius 1 is 1.18 bits per heavy atom. The number of rotatable bonds is 7. The fourth-order valence-electron chi connectivity index (χ4n) is 4.63. The molecule has 2 aliphatic heterocycles. The van der Waals surface area contributed by atoms with Crippen molar-refractivity contribution in [1.82, 2.24) is 25.1 Å². The van der Waals surface area contributed by atoms with Gasteiger partial charge in [-0.1, -0.05) is 29.5 Å². The van der Waals surface area contributed by atoms with Crippen LogP contribution in [0.2, 0.25) is 0 Å². The van der Waals surface area contributed by atoms with Crippen molar-refractivity contribution in [1.29, 1.82) is 0 Å². The van der Waals surface area contributed by atoms with Crippen molar-refractivity contribution in [2.24, 2.45) is 5.92 Å². The highest BCUT2D eigenvalue weighted by molar-refractivity contribution is 7.98. The largest absolute Gasteiger partial charge is 0.356 e. The lowest BCUT2D eigenvalue weighted by molar-refractivity contribution is -0.126. The van der Waals surface area contributed by atoms with Gasteiger partial charge in [0.25, 0.3) is 0 Å². The number of hydrogen-bond acceptors (Lipinski definition) is 7. The summed E-state index contributed by atoms with van der Waals surface area (Å²) in [4.78, 5) is 38.7. The minimum Gasteiger partial charge on any atom is -0.356 e. The van der Waals surface area contributed by atoms with E-state index < -0.39 is 0 Å². The molecular weight excluding hydrogens is 450 g/mol. The van der Waals surface area contributed by atoms with Crippen LogP contribution in [-0.4, -0.2) is 64.0 Å². The average molecular weight is 480 g/mol. The molecule has 0 spiro atoms. The van der Waals surface area contributed by atoms with Crippen molar-refractivity contribution in [2.45, 2.75) is 37.9 Å². The predicted octanol–water partition coefficient (Wildman–Crippen LogP) is 2.63. The first-order chi connectivity index (χ1) is 16.5. The van der Waals surface area contributed by atoms with Crippen molar-refractivity contribution in [3.63, 3.8) is 0 Å². The Kier molecular flexibility index (Phi) is 6.40. The minimum atomic E-state index is -0.352. The summed E-state index contributed by atoms with van der Waals surface area (Å²) in [6, 6.07) is 7.81. The highest BCUT2D eigenvalue weighted by Crippen LogP contribution is 2.29. The number of nitrogens with zero attached hydrogens (tertiary/aromatic N) is 6. The number of aryl methyl sites for hydroxylation is 1. The van der Waals surface area contributed by atoms with Crippen LogP contribution in [0.4, 0.5) is 11.5 Å². The van der Waals surface area contributed by atoms with Crippen LogP contribution in [0.5, 0.6) is 0 Å². The zero-order chi connectivity index (χ0) is 23.7. The molecule has 1 unspecified atom stereocenters. The van der Waals surface area contributed by atoms with Gasteiger partial charge >= 0.3 is 0 Å². The number of carbonyl (C=O) groups is 2. The molecule has 0 radical (unpaired) electrons. The van der Waals surface area contributed by atoms with Crippen molar-refractivity contribution < 1.29 is 9.59 Å². The molecule has 1 N–H and O–H groups in total. The molecule has 178 valence electrons. The number of amides is 2. The fourth-order valence-corrected chi connectivity index (χ4v) is 4.99. The molecule has 1 aromatic carbocycles. The third kappa shape index (κ3) is 4.46. The lowest BCUT2D eigenvalue weighted by atomic mass is 10.1. The van der Waals surface area contributed by atoms with E-state index in [0.717, 1.165) is 46.3 Å². The zero-order valence-electron chi connectivity index (χ0n) is 19.5. The first-order valence-corrected chi connectivity index (χ1v) is 12.9. The van der Waals surface area contributed by atoms with Crippen LogP contribution < -0.4 is 15.1 Å². The number of aromatic nitrogens is 4. The van der Waals surface area contributed by atoms with E-state index in [4.69, 9.17) is 4.98 Å². The Morgan fingerprint density at radius 3 is 2.68 bits per heavy atom. The van der Waals surface area contributed by atoms with Crippen LogP contribution in [0, 0.1) is 12.8 Å². The van der Waals surface area contributed by atoms with Crippen molar-refractivity contribution in [3.8, 4) is 0 Å². The van der Waals surface area contributed by atoms with Gasteiger partial charge in [0.15, 0.2) is 10.8 Å². The summed E-state index contributed by atoms with van der Waals surface area (Å²) in [5.41, 5.74) is 2.77. The SMILES string of the molecule is CSc1nc(N2CCCC2)c2cnn(CCNC(=O)C3CC(=O)N(c4ccc(C)cc4)C3)c2n1. The van der Waals surface area contributed by atoms with Gasteiger partial charge in [0, 0.05) is 38.3 Å². The Balaban J connectivity index is 1.23. The van der Waals surface area contributed by atoms with Crippen LogP contribution in [0.3, 0.4) is 0 Å². The average Bonchev–Trinajstić information content (AvgIpc) is 3.59. The van der Waals surface area contributed by atoms with Crippen LogP contribution >= 0.6 is 11.8 Å². The Hall–Kier alpha value is -3.14. The lowest BCUT2D eigenvalue weighted by Gasteiger charge is -2.18. The fraction of sp³-hybridized carbons (Fsp3) is 0.458. The molecule has 2 amide bonds. The first kappa shape index (κ1) is 22.6. The van der Waals surface area contributed by atoms with Crippen molar-refractivity contribution in [2.75, 3.05) is 42.2 Å². The van der Waals surface area contributed by atoms with E-state index in [-0.39, 0.29) is 24.2 Å². The Bertz CT molecular complexity index is 1200. The van der Waals surface area contributed by atoms with E-state index in [0.29, 0.717) is 19.6 Å². The smallest absolute Gasteiger partial charge is 0.227 e. The summed E-state index contributed by atoms with van der Waals surface area (Å²) in [6.07, 6.45) is 6.37. The van der Waals surface area contributed by atoms with Gasteiger partial charge in [-0.3, -0.25) is 9.59 Å². The Morgan fingerprint density at radius 2 is 1.94 bits per heavy atom. The van der Waals surface area contributed by atoms with Gasteiger partial charge in [0.2, 0.25) is 11.8 Å². The van der Waals surface area contributed by atoms with E-state index in [1.54, 1.807) is 4.90 Å². The van der Waals surface area contributed by atoms with Crippen LogP contribution in [0.25, 0.3) is 11.0 Å². The second kappa shape index (κ2) is 9.61. The quantitative estimate of drug-likeness (QED) is 0.411. The molecular formula is C24H29N7O2S. The molecule has 4 heterocycles. The molecule has 0 aliphatic carbocycles. The zero-order valence-corrected chi connectivity index (χ0v) is 20.3. The highest BCUT2D eigenvalue weighted by Gasteiger charge is 2.35. The second-order valence-electron chi connectivity index (χ2n) is 8.87. The number of carbonyl (C=O) groups excluding carboxylic acids is 2. The molecule has 2 fully saturated rings. The molecule has 1 atom stereocenters. The normalized spacial score (nSPS) is 18.3. The van der Waals surface area contributed by atoms with Crippen molar-refractivity contribution >= 4 is 46.1 Å². The van der Waals surface area contributed by atoms with Crippen molar-refractivity contribution in [3.05, 3.63) is 36.0 Å². The van der Waals surface area contributed by atoms with Gasteiger partial charge in [-0.25, -0.2) is 14.6 Å². The highest BCUT2D eigenvalue weighted by atomic mass is 32.2. The van der Waals surface area contributed by atoms with Gasteiger partial charge < -0.3 is 15.1 Å². The van der Waals surface area contributed by atoms with Crippen LogP contribution in [0.15, 0.2) is 35.6 Å². The maximum absolute atomic E-state index is 12.8. The topological polar surface area (TPSA) is 96.2 Å². The van der Waals surface area contributed by atoms with Crippen LogP contribution in [0.1, 0.15) is 24.8 Å². The summed E-state index contributed by atoms with van der Waals surface area (Å²) >= 11 is 1.52. The molecule has 0 bridgehead atoms. The summed E-state index contributed by atoms with van der Waals surface area (Å²) < 4.78 is 1.83. The standard InChI is InChI=1S/C24H29N7O2S/c1-16-5-7-18(8-6-16)30-15-17(13-20(30)32)23(33)25-9-12-31-22-19(14-26-31)21(27-24(28-22)34-2)29-10-3-4-11-29/h5-8,14,17H,3-4,9-13,15H2,1-2H3,(H,25,33). The molecule has 3 aromatic rings. The third-order valence-corrected chi connectivity index (χ3v) is 7.06. The second-order valence-corrected chi connectivity index (χ2v) is 9.64. The van der Waals surface area contributed by atoms with E-state index in [2.05, 4.69) is 20.3 Å². The van der Waals surface area contributed by atoms with Gasteiger partial charge in [0.05, 0.1) is 24.0 Å². The summed E-state index contributed by atoms with van der Waals surface area (Å²) in [5, 5.41) is 9.19. The molecule has 0 saturated carbocycles. The number of nitrogens with one attached hydrogen (secondary N) is 1. The predicted molar refractivity (Wildman–Crippen MR) is 133 cm³/mol. The summed E-state index contributed by atoms with van der Waals surface area (Å²) in [6.45, 7) is 5.34. The minimum absolute atomic E-state index is 0.0159. The molecule has 9 nitrogen and oxygen atoms in total. The van der Waals surface area contributed by atoms with E-state index in [9.17, 15) is 9.59 Å². The number of anilines is 2. The van der Waals surface area contributed by atoms with Gasteiger partial charge in [-0.2, -0.15) is 5.10 Å². The number of benzene rings is 1. The number of fused-ring (bicyclic) bond motifs is 1. The molecule has 2 saturated heterocycles. The molecule has 5 rings (SSSR count). The van der Waals surface area contributed by atoms with E-state index in [1.165, 1.54) is 24.6 Å². The molecule has 10 heteroatoms.